The first kappa shape index (κ1) is 12.7. The van der Waals surface area contributed by atoms with Gasteiger partial charge >= 0.3 is 0 Å². The quantitative estimate of drug-likeness (QED) is 0.829. The molecule has 0 radical (unpaired) electrons. The van der Waals surface area contributed by atoms with E-state index in [2.05, 4.69) is 44.2 Å². The van der Waals surface area contributed by atoms with Crippen LogP contribution >= 0.6 is 0 Å². The van der Waals surface area contributed by atoms with Gasteiger partial charge in [0, 0.05) is 5.56 Å². The number of benzene rings is 2. The topological polar surface area (TPSA) is 20.2 Å². The second kappa shape index (κ2) is 5.72. The SMILES string of the molecule is CCCc1ccc(-c2ccc(CC)cc2)c(O)c1. The third-order valence-corrected chi connectivity index (χ3v) is 3.27. The Labute approximate surface area is 109 Å². The van der Waals surface area contributed by atoms with Crippen molar-refractivity contribution in [3.05, 3.63) is 53.6 Å². The van der Waals surface area contributed by atoms with Gasteiger partial charge in [-0.05, 0) is 35.6 Å². The number of phenolic OH excluding ortho intramolecular Hbond substituents is 1. The molecule has 2 aromatic rings. The highest BCUT2D eigenvalue weighted by atomic mass is 16.3. The highest BCUT2D eigenvalue weighted by Crippen LogP contribution is 2.30. The first-order chi connectivity index (χ1) is 8.74. The molecule has 0 unspecified atom stereocenters. The Morgan fingerprint density at radius 3 is 2.11 bits per heavy atom. The van der Waals surface area contributed by atoms with Crippen molar-refractivity contribution >= 4 is 0 Å². The zero-order chi connectivity index (χ0) is 13.0. The lowest BCUT2D eigenvalue weighted by molar-refractivity contribution is 0.476. The first-order valence-corrected chi connectivity index (χ1v) is 6.65. The van der Waals surface area contributed by atoms with Crippen LogP contribution in [-0.2, 0) is 12.8 Å². The standard InChI is InChI=1S/C17H20O/c1-3-5-14-8-11-16(17(18)12-14)15-9-6-13(4-2)7-10-15/h6-12,18H,3-5H2,1-2H3. The van der Waals surface area contributed by atoms with Crippen LogP contribution in [0, 0.1) is 0 Å². The van der Waals surface area contributed by atoms with E-state index in [1.807, 2.05) is 12.1 Å². The van der Waals surface area contributed by atoms with Gasteiger partial charge in [-0.3, -0.25) is 0 Å². The van der Waals surface area contributed by atoms with Gasteiger partial charge in [0.25, 0.3) is 0 Å². The summed E-state index contributed by atoms with van der Waals surface area (Å²) >= 11 is 0. The minimum atomic E-state index is 0.380. The molecule has 0 aliphatic heterocycles. The maximum absolute atomic E-state index is 10.1. The van der Waals surface area contributed by atoms with Crippen LogP contribution in [-0.4, -0.2) is 5.11 Å². The number of rotatable bonds is 4. The number of aromatic hydroxyl groups is 1. The fourth-order valence-corrected chi connectivity index (χ4v) is 2.19. The van der Waals surface area contributed by atoms with Gasteiger partial charge in [-0.1, -0.05) is 56.7 Å². The molecule has 94 valence electrons. The average Bonchev–Trinajstić information content (AvgIpc) is 2.40. The molecule has 0 spiro atoms. The fraction of sp³-hybridized carbons (Fsp3) is 0.294. The van der Waals surface area contributed by atoms with Crippen molar-refractivity contribution in [3.8, 4) is 16.9 Å². The Bertz CT molecular complexity index is 512. The van der Waals surface area contributed by atoms with E-state index in [-0.39, 0.29) is 0 Å². The molecule has 1 N–H and O–H groups in total. The highest BCUT2D eigenvalue weighted by molar-refractivity contribution is 5.70. The monoisotopic (exact) mass is 240 g/mol. The molecule has 1 nitrogen and oxygen atoms in total. The van der Waals surface area contributed by atoms with E-state index in [9.17, 15) is 5.11 Å². The summed E-state index contributed by atoms with van der Waals surface area (Å²) in [6, 6.07) is 14.4. The zero-order valence-electron chi connectivity index (χ0n) is 11.1. The minimum Gasteiger partial charge on any atom is -0.507 e. The summed E-state index contributed by atoms with van der Waals surface area (Å²) < 4.78 is 0. The summed E-state index contributed by atoms with van der Waals surface area (Å²) in [5.41, 5.74) is 4.51. The molecule has 0 atom stereocenters. The molecule has 0 saturated heterocycles. The highest BCUT2D eigenvalue weighted by Gasteiger charge is 2.05. The van der Waals surface area contributed by atoms with Crippen molar-refractivity contribution in [1.82, 2.24) is 0 Å². The molecular formula is C17H20O. The van der Waals surface area contributed by atoms with Crippen molar-refractivity contribution in [2.45, 2.75) is 33.1 Å². The molecule has 1 heteroatoms. The van der Waals surface area contributed by atoms with Crippen molar-refractivity contribution < 1.29 is 5.11 Å². The number of aryl methyl sites for hydroxylation is 2. The van der Waals surface area contributed by atoms with Crippen LogP contribution < -0.4 is 0 Å². The largest absolute Gasteiger partial charge is 0.507 e. The smallest absolute Gasteiger partial charge is 0.123 e. The van der Waals surface area contributed by atoms with Gasteiger partial charge < -0.3 is 5.11 Å². The summed E-state index contributed by atoms with van der Waals surface area (Å²) in [4.78, 5) is 0. The van der Waals surface area contributed by atoms with E-state index >= 15 is 0 Å². The van der Waals surface area contributed by atoms with Crippen LogP contribution in [0.1, 0.15) is 31.4 Å². The van der Waals surface area contributed by atoms with E-state index in [1.165, 1.54) is 11.1 Å². The molecule has 0 heterocycles. The maximum atomic E-state index is 10.1. The molecule has 0 saturated carbocycles. The number of hydrogen-bond donors (Lipinski definition) is 1. The Morgan fingerprint density at radius 1 is 0.889 bits per heavy atom. The Hall–Kier alpha value is -1.76. The number of hydrogen-bond acceptors (Lipinski definition) is 1. The van der Waals surface area contributed by atoms with E-state index in [0.717, 1.165) is 30.4 Å². The Balaban J connectivity index is 2.32. The van der Waals surface area contributed by atoms with Crippen LogP contribution in [0.5, 0.6) is 5.75 Å². The third-order valence-electron chi connectivity index (χ3n) is 3.27. The van der Waals surface area contributed by atoms with Gasteiger partial charge in [0.15, 0.2) is 0 Å². The van der Waals surface area contributed by atoms with Gasteiger partial charge in [-0.15, -0.1) is 0 Å². The fourth-order valence-electron chi connectivity index (χ4n) is 2.19. The molecule has 0 aliphatic carbocycles. The molecule has 2 rings (SSSR count). The second-order valence-corrected chi connectivity index (χ2v) is 4.65. The van der Waals surface area contributed by atoms with Gasteiger partial charge in [-0.2, -0.15) is 0 Å². The first-order valence-electron chi connectivity index (χ1n) is 6.65. The Morgan fingerprint density at radius 2 is 1.56 bits per heavy atom. The molecule has 0 aromatic heterocycles. The van der Waals surface area contributed by atoms with Crippen molar-refractivity contribution in [1.29, 1.82) is 0 Å². The number of phenols is 1. The lowest BCUT2D eigenvalue weighted by Crippen LogP contribution is -1.86. The van der Waals surface area contributed by atoms with Crippen molar-refractivity contribution in [2.75, 3.05) is 0 Å². The van der Waals surface area contributed by atoms with Crippen molar-refractivity contribution in [3.63, 3.8) is 0 Å². The summed E-state index contributed by atoms with van der Waals surface area (Å²) in [7, 11) is 0. The normalized spacial score (nSPS) is 10.6. The maximum Gasteiger partial charge on any atom is 0.123 e. The zero-order valence-corrected chi connectivity index (χ0v) is 11.1. The summed E-state index contributed by atoms with van der Waals surface area (Å²) in [5, 5.41) is 10.1. The lowest BCUT2D eigenvalue weighted by atomic mass is 9.99. The average molecular weight is 240 g/mol. The molecule has 0 fully saturated rings. The van der Waals surface area contributed by atoms with Crippen LogP contribution in [0.2, 0.25) is 0 Å². The van der Waals surface area contributed by atoms with Gasteiger partial charge in [0.1, 0.15) is 5.75 Å². The molecule has 2 aromatic carbocycles. The lowest BCUT2D eigenvalue weighted by Gasteiger charge is -2.08. The molecule has 18 heavy (non-hydrogen) atoms. The van der Waals surface area contributed by atoms with Crippen LogP contribution in [0.4, 0.5) is 0 Å². The molecule has 0 amide bonds. The van der Waals surface area contributed by atoms with Gasteiger partial charge in [-0.25, -0.2) is 0 Å². The van der Waals surface area contributed by atoms with Gasteiger partial charge in [0.2, 0.25) is 0 Å². The van der Waals surface area contributed by atoms with Crippen LogP contribution in [0.15, 0.2) is 42.5 Å². The summed E-state index contributed by atoms with van der Waals surface area (Å²) in [5.74, 6) is 0.380. The van der Waals surface area contributed by atoms with E-state index < -0.39 is 0 Å². The Kier molecular flexibility index (Phi) is 4.03. The summed E-state index contributed by atoms with van der Waals surface area (Å²) in [6.45, 7) is 4.29. The summed E-state index contributed by atoms with van der Waals surface area (Å²) in [6.07, 6.45) is 3.16. The second-order valence-electron chi connectivity index (χ2n) is 4.65. The van der Waals surface area contributed by atoms with Crippen LogP contribution in [0.25, 0.3) is 11.1 Å². The predicted octanol–water partition coefficient (Wildman–Crippen LogP) is 4.57. The molecular weight excluding hydrogens is 220 g/mol. The van der Waals surface area contributed by atoms with E-state index in [4.69, 9.17) is 0 Å². The van der Waals surface area contributed by atoms with E-state index in [1.54, 1.807) is 0 Å². The molecule has 0 bridgehead atoms. The van der Waals surface area contributed by atoms with Crippen LogP contribution in [0.3, 0.4) is 0 Å². The third kappa shape index (κ3) is 2.73. The van der Waals surface area contributed by atoms with Gasteiger partial charge in [0.05, 0.1) is 0 Å². The minimum absolute atomic E-state index is 0.380. The van der Waals surface area contributed by atoms with Crippen molar-refractivity contribution in [2.24, 2.45) is 0 Å². The molecule has 0 aliphatic rings. The van der Waals surface area contributed by atoms with E-state index in [0.29, 0.717) is 5.75 Å². The predicted molar refractivity (Wildman–Crippen MR) is 76.9 cm³/mol.